The zero-order valence-electron chi connectivity index (χ0n) is 9.42. The molecule has 0 aliphatic carbocycles. The lowest BCUT2D eigenvalue weighted by Crippen LogP contribution is -2.21. The highest BCUT2D eigenvalue weighted by molar-refractivity contribution is 9.10. The quantitative estimate of drug-likeness (QED) is 0.633. The number of nitro groups is 1. The Labute approximate surface area is 120 Å². The lowest BCUT2D eigenvalue weighted by atomic mass is 10.2. The van der Waals surface area contributed by atoms with Gasteiger partial charge >= 0.3 is 0 Å². The van der Waals surface area contributed by atoms with Crippen LogP contribution in [0, 0.1) is 10.1 Å². The number of halogens is 2. The van der Waals surface area contributed by atoms with Gasteiger partial charge in [-0.05, 0) is 11.6 Å². The van der Waals surface area contributed by atoms with Crippen LogP contribution in [0.5, 0.6) is 0 Å². The number of hydrogen-bond acceptors (Lipinski definition) is 4. The third-order valence-corrected chi connectivity index (χ3v) is 3.46. The molecule has 6 nitrogen and oxygen atoms in total. The van der Waals surface area contributed by atoms with E-state index >= 15 is 0 Å². The first-order valence-corrected chi connectivity index (χ1v) is 6.30. The molecule has 0 saturated heterocycles. The fourth-order valence-electron chi connectivity index (χ4n) is 1.51. The number of hydrogen-bond donors (Lipinski definition) is 0. The maximum Gasteiger partial charge on any atom is 0.288 e. The van der Waals surface area contributed by atoms with Crippen LogP contribution < -0.4 is 5.56 Å². The summed E-state index contributed by atoms with van der Waals surface area (Å²) >= 11 is 8.89. The van der Waals surface area contributed by atoms with Crippen molar-refractivity contribution in [3.05, 3.63) is 66.3 Å². The van der Waals surface area contributed by atoms with E-state index in [1.807, 2.05) is 0 Å². The third kappa shape index (κ3) is 2.99. The Hall–Kier alpha value is -1.73. The largest absolute Gasteiger partial charge is 0.307 e. The molecule has 1 aromatic heterocycles. The predicted octanol–water partition coefficient (Wildman–Crippen LogP) is 2.62. The number of nitrogens with zero attached hydrogens (tertiary/aromatic N) is 3. The van der Waals surface area contributed by atoms with Crippen molar-refractivity contribution >= 4 is 33.2 Å². The van der Waals surface area contributed by atoms with Crippen LogP contribution in [-0.2, 0) is 6.54 Å². The van der Waals surface area contributed by atoms with Gasteiger partial charge < -0.3 is 4.57 Å². The molecule has 0 saturated carbocycles. The standard InChI is InChI=1S/C11H7BrClN3O3/c12-9-5-8(16(18)19)2-1-7(9)6-15-4-3-14-10(13)11(15)17/h1-5H,6H2. The molecule has 19 heavy (non-hydrogen) atoms. The molecule has 98 valence electrons. The van der Waals surface area contributed by atoms with E-state index in [1.165, 1.54) is 29.1 Å². The van der Waals surface area contributed by atoms with Crippen molar-refractivity contribution < 1.29 is 4.92 Å². The smallest absolute Gasteiger partial charge is 0.288 e. The average Bonchev–Trinajstić information content (AvgIpc) is 2.37. The summed E-state index contributed by atoms with van der Waals surface area (Å²) in [5, 5.41) is 10.5. The Bertz CT molecular complexity index is 702. The zero-order valence-corrected chi connectivity index (χ0v) is 11.8. The molecule has 0 aliphatic rings. The van der Waals surface area contributed by atoms with E-state index < -0.39 is 10.5 Å². The maximum absolute atomic E-state index is 11.7. The summed E-state index contributed by atoms with van der Waals surface area (Å²) in [6, 6.07) is 4.36. The zero-order chi connectivity index (χ0) is 14.0. The molecule has 0 N–H and O–H groups in total. The Morgan fingerprint density at radius 3 is 2.84 bits per heavy atom. The molecule has 0 amide bonds. The SMILES string of the molecule is O=c1c(Cl)nccn1Cc1ccc([N+](=O)[O-])cc1Br. The van der Waals surface area contributed by atoms with Crippen LogP contribution in [0.1, 0.15) is 5.56 Å². The van der Waals surface area contributed by atoms with Gasteiger partial charge in [-0.15, -0.1) is 0 Å². The molecule has 0 atom stereocenters. The van der Waals surface area contributed by atoms with Crippen LogP contribution in [0.3, 0.4) is 0 Å². The van der Waals surface area contributed by atoms with Gasteiger partial charge in [-0.2, -0.15) is 0 Å². The van der Waals surface area contributed by atoms with Crippen molar-refractivity contribution in [1.82, 2.24) is 9.55 Å². The van der Waals surface area contributed by atoms with E-state index in [1.54, 1.807) is 6.07 Å². The summed E-state index contributed by atoms with van der Waals surface area (Å²) in [5.74, 6) is 0. The highest BCUT2D eigenvalue weighted by atomic mass is 79.9. The van der Waals surface area contributed by atoms with Gasteiger partial charge in [0.1, 0.15) is 0 Å². The second kappa shape index (κ2) is 5.50. The molecule has 2 rings (SSSR count). The molecule has 0 unspecified atom stereocenters. The predicted molar refractivity (Wildman–Crippen MR) is 73.4 cm³/mol. The van der Waals surface area contributed by atoms with Gasteiger partial charge in [0.2, 0.25) is 0 Å². The molecule has 0 radical (unpaired) electrons. The molecule has 1 heterocycles. The van der Waals surface area contributed by atoms with E-state index in [9.17, 15) is 14.9 Å². The molecule has 8 heteroatoms. The van der Waals surface area contributed by atoms with Gasteiger partial charge in [-0.25, -0.2) is 4.98 Å². The monoisotopic (exact) mass is 343 g/mol. The summed E-state index contributed by atoms with van der Waals surface area (Å²) in [6.07, 6.45) is 2.92. The highest BCUT2D eigenvalue weighted by Gasteiger charge is 2.10. The second-order valence-electron chi connectivity index (χ2n) is 3.68. The van der Waals surface area contributed by atoms with E-state index in [0.717, 1.165) is 5.56 Å². The topological polar surface area (TPSA) is 78.0 Å². The van der Waals surface area contributed by atoms with Gasteiger partial charge in [-0.1, -0.05) is 27.5 Å². The van der Waals surface area contributed by atoms with Crippen molar-refractivity contribution in [2.45, 2.75) is 6.54 Å². The number of aromatic nitrogens is 2. The Balaban J connectivity index is 2.36. The summed E-state index contributed by atoms with van der Waals surface area (Å²) in [6.45, 7) is 0.250. The lowest BCUT2D eigenvalue weighted by Gasteiger charge is -2.07. The Kier molecular flexibility index (Phi) is 3.96. The van der Waals surface area contributed by atoms with Crippen molar-refractivity contribution in [3.63, 3.8) is 0 Å². The number of non-ortho nitro benzene ring substituents is 1. The summed E-state index contributed by atoms with van der Waals surface area (Å²) in [5.41, 5.74) is 0.306. The molecule has 0 fully saturated rings. The van der Waals surface area contributed by atoms with E-state index in [4.69, 9.17) is 11.6 Å². The molecule has 1 aromatic carbocycles. The maximum atomic E-state index is 11.7. The van der Waals surface area contributed by atoms with E-state index in [-0.39, 0.29) is 17.4 Å². The minimum Gasteiger partial charge on any atom is -0.307 e. The average molecular weight is 345 g/mol. The normalized spacial score (nSPS) is 10.4. The molecule has 0 bridgehead atoms. The van der Waals surface area contributed by atoms with Crippen LogP contribution in [0.4, 0.5) is 5.69 Å². The molecular formula is C11H7BrClN3O3. The summed E-state index contributed by atoms with van der Waals surface area (Å²) < 4.78 is 1.93. The Morgan fingerprint density at radius 2 is 2.21 bits per heavy atom. The first-order valence-electron chi connectivity index (χ1n) is 5.13. The molecular weight excluding hydrogens is 337 g/mol. The van der Waals surface area contributed by atoms with Gasteiger partial charge in [0.15, 0.2) is 5.15 Å². The number of rotatable bonds is 3. The van der Waals surface area contributed by atoms with Gasteiger partial charge in [0.25, 0.3) is 11.2 Å². The van der Waals surface area contributed by atoms with Crippen molar-refractivity contribution in [2.24, 2.45) is 0 Å². The van der Waals surface area contributed by atoms with Crippen LogP contribution in [0.2, 0.25) is 5.15 Å². The van der Waals surface area contributed by atoms with Crippen molar-refractivity contribution in [1.29, 1.82) is 0 Å². The van der Waals surface area contributed by atoms with E-state index in [0.29, 0.717) is 4.47 Å². The minimum absolute atomic E-state index is 0.0178. The van der Waals surface area contributed by atoms with Crippen LogP contribution in [-0.4, -0.2) is 14.5 Å². The molecule has 0 spiro atoms. The summed E-state index contributed by atoms with van der Waals surface area (Å²) in [7, 11) is 0. The van der Waals surface area contributed by atoms with Gasteiger partial charge in [-0.3, -0.25) is 14.9 Å². The van der Waals surface area contributed by atoms with Gasteiger partial charge in [0, 0.05) is 29.0 Å². The minimum atomic E-state index is -0.482. The first-order chi connectivity index (χ1) is 8.99. The van der Waals surface area contributed by atoms with Crippen molar-refractivity contribution in [2.75, 3.05) is 0 Å². The van der Waals surface area contributed by atoms with Crippen LogP contribution in [0.25, 0.3) is 0 Å². The molecule has 0 aliphatic heterocycles. The number of nitro benzene ring substituents is 1. The van der Waals surface area contributed by atoms with Crippen LogP contribution in [0.15, 0.2) is 39.9 Å². The lowest BCUT2D eigenvalue weighted by molar-refractivity contribution is -0.384. The van der Waals surface area contributed by atoms with E-state index in [2.05, 4.69) is 20.9 Å². The molecule has 2 aromatic rings. The third-order valence-electron chi connectivity index (χ3n) is 2.46. The first kappa shape index (κ1) is 13.7. The summed E-state index contributed by atoms with van der Waals surface area (Å²) in [4.78, 5) is 25.5. The fourth-order valence-corrected chi connectivity index (χ4v) is 2.16. The fraction of sp³-hybridized carbons (Fsp3) is 0.0909. The Morgan fingerprint density at radius 1 is 1.47 bits per heavy atom. The second-order valence-corrected chi connectivity index (χ2v) is 4.90. The van der Waals surface area contributed by atoms with Crippen LogP contribution >= 0.6 is 27.5 Å². The van der Waals surface area contributed by atoms with Crippen molar-refractivity contribution in [3.8, 4) is 0 Å². The number of benzene rings is 1. The highest BCUT2D eigenvalue weighted by Crippen LogP contribution is 2.23. The van der Waals surface area contributed by atoms with Gasteiger partial charge in [0.05, 0.1) is 11.5 Å².